The van der Waals surface area contributed by atoms with Gasteiger partial charge in [-0.05, 0) is 44.7 Å². The van der Waals surface area contributed by atoms with Crippen LogP contribution in [-0.2, 0) is 4.79 Å². The lowest BCUT2D eigenvalue weighted by molar-refractivity contribution is -0.132. The van der Waals surface area contributed by atoms with Crippen molar-refractivity contribution in [3.63, 3.8) is 0 Å². The van der Waals surface area contributed by atoms with E-state index in [2.05, 4.69) is 43.1 Å². The minimum Gasteiger partial charge on any atom is -0.318 e. The first-order valence-electron chi connectivity index (χ1n) is 8.24. The number of nitrogens with zero attached hydrogens (tertiary/aromatic N) is 1. The molecule has 0 aromatic carbocycles. The predicted molar refractivity (Wildman–Crippen MR) is 87.3 cm³/mol. The largest absolute Gasteiger partial charge is 0.318 e. The molecule has 1 aromatic heterocycles. The molecule has 21 heavy (non-hydrogen) atoms. The SMILES string of the molecule is CCCC1NC(c2ccc(C)s2)N(C(C)CC2CC2)C1=O. The number of rotatable bonds is 6. The van der Waals surface area contributed by atoms with Crippen LogP contribution in [0.15, 0.2) is 12.1 Å². The molecule has 2 aliphatic rings. The summed E-state index contributed by atoms with van der Waals surface area (Å²) in [7, 11) is 0. The van der Waals surface area contributed by atoms with Crippen molar-refractivity contribution in [1.82, 2.24) is 10.2 Å². The molecule has 0 bridgehead atoms. The second kappa shape index (κ2) is 6.09. The van der Waals surface area contributed by atoms with Crippen molar-refractivity contribution in [2.24, 2.45) is 5.92 Å². The summed E-state index contributed by atoms with van der Waals surface area (Å²) in [6.45, 7) is 6.50. The molecule has 1 saturated heterocycles. The lowest BCUT2D eigenvalue weighted by atomic mass is 10.1. The maximum Gasteiger partial charge on any atom is 0.241 e. The van der Waals surface area contributed by atoms with Gasteiger partial charge in [0.05, 0.1) is 6.04 Å². The van der Waals surface area contributed by atoms with Gasteiger partial charge in [-0.3, -0.25) is 10.1 Å². The lowest BCUT2D eigenvalue weighted by Crippen LogP contribution is -2.38. The standard InChI is InChI=1S/C17H26N2OS/c1-4-5-14-17(20)19(11(2)10-13-7-8-13)16(18-14)15-9-6-12(3)21-15/h6,9,11,13-14,16,18H,4-5,7-8,10H2,1-3H3. The van der Waals surface area contributed by atoms with E-state index in [0.29, 0.717) is 11.9 Å². The number of nitrogens with one attached hydrogen (secondary N) is 1. The van der Waals surface area contributed by atoms with Gasteiger partial charge in [-0.1, -0.05) is 26.2 Å². The first-order valence-corrected chi connectivity index (χ1v) is 9.06. The van der Waals surface area contributed by atoms with Gasteiger partial charge in [0.2, 0.25) is 5.91 Å². The van der Waals surface area contributed by atoms with Crippen LogP contribution in [0, 0.1) is 12.8 Å². The van der Waals surface area contributed by atoms with Gasteiger partial charge in [-0.15, -0.1) is 11.3 Å². The average Bonchev–Trinajstić information content (AvgIpc) is 3.05. The van der Waals surface area contributed by atoms with Crippen molar-refractivity contribution in [1.29, 1.82) is 0 Å². The van der Waals surface area contributed by atoms with Crippen LogP contribution in [0.5, 0.6) is 0 Å². The second-order valence-electron chi connectivity index (χ2n) is 6.63. The molecule has 0 radical (unpaired) electrons. The lowest BCUT2D eigenvalue weighted by Gasteiger charge is -2.30. The summed E-state index contributed by atoms with van der Waals surface area (Å²) in [6.07, 6.45) is 5.92. The molecule has 2 heterocycles. The van der Waals surface area contributed by atoms with E-state index in [1.807, 2.05) is 0 Å². The van der Waals surface area contributed by atoms with Gasteiger partial charge in [-0.2, -0.15) is 0 Å². The minimum atomic E-state index is 0.00376. The molecule has 1 aliphatic carbocycles. The fraction of sp³-hybridized carbons (Fsp3) is 0.706. The molecular formula is C17H26N2OS. The molecule has 3 atom stereocenters. The fourth-order valence-electron chi connectivity index (χ4n) is 3.39. The maximum atomic E-state index is 12.8. The Labute approximate surface area is 131 Å². The number of amides is 1. The quantitative estimate of drug-likeness (QED) is 0.866. The minimum absolute atomic E-state index is 0.00376. The fourth-order valence-corrected chi connectivity index (χ4v) is 4.32. The van der Waals surface area contributed by atoms with Crippen LogP contribution < -0.4 is 5.32 Å². The third-order valence-electron chi connectivity index (χ3n) is 4.64. The molecule has 3 nitrogen and oxygen atoms in total. The number of aryl methyl sites for hydroxylation is 1. The Hall–Kier alpha value is -0.870. The van der Waals surface area contributed by atoms with Gasteiger partial charge in [0, 0.05) is 15.8 Å². The van der Waals surface area contributed by atoms with E-state index in [4.69, 9.17) is 0 Å². The summed E-state index contributed by atoms with van der Waals surface area (Å²) in [5.41, 5.74) is 0. The van der Waals surface area contributed by atoms with Crippen molar-refractivity contribution in [2.75, 3.05) is 0 Å². The maximum absolute atomic E-state index is 12.8. The molecule has 3 rings (SSSR count). The highest BCUT2D eigenvalue weighted by atomic mass is 32.1. The summed E-state index contributed by atoms with van der Waals surface area (Å²) in [6, 6.07) is 4.68. The summed E-state index contributed by atoms with van der Waals surface area (Å²) >= 11 is 1.81. The summed E-state index contributed by atoms with van der Waals surface area (Å²) in [5, 5.41) is 3.58. The Kier molecular flexibility index (Phi) is 4.36. The zero-order valence-corrected chi connectivity index (χ0v) is 14.1. The van der Waals surface area contributed by atoms with Gasteiger partial charge in [0.15, 0.2) is 0 Å². The van der Waals surface area contributed by atoms with Crippen LogP contribution in [-0.4, -0.2) is 22.9 Å². The Morgan fingerprint density at radius 1 is 1.43 bits per heavy atom. The molecule has 1 aliphatic heterocycles. The third-order valence-corrected chi connectivity index (χ3v) is 5.70. The summed E-state index contributed by atoms with van der Waals surface area (Å²) < 4.78 is 0. The van der Waals surface area contributed by atoms with Crippen molar-refractivity contribution in [2.45, 2.75) is 71.1 Å². The van der Waals surface area contributed by atoms with Gasteiger partial charge < -0.3 is 4.90 Å². The normalized spacial score (nSPS) is 27.4. The highest BCUT2D eigenvalue weighted by Crippen LogP contribution is 2.39. The van der Waals surface area contributed by atoms with Crippen molar-refractivity contribution >= 4 is 17.2 Å². The third kappa shape index (κ3) is 3.16. The molecule has 4 heteroatoms. The molecule has 0 spiro atoms. The average molecular weight is 306 g/mol. The van der Waals surface area contributed by atoms with E-state index >= 15 is 0 Å². The number of thiophene rings is 1. The topological polar surface area (TPSA) is 32.3 Å². The Morgan fingerprint density at radius 2 is 2.19 bits per heavy atom. The molecule has 3 unspecified atom stereocenters. The number of hydrogen-bond donors (Lipinski definition) is 1. The smallest absolute Gasteiger partial charge is 0.241 e. The zero-order valence-electron chi connectivity index (χ0n) is 13.3. The second-order valence-corrected chi connectivity index (χ2v) is 7.95. The van der Waals surface area contributed by atoms with E-state index < -0.39 is 0 Å². The van der Waals surface area contributed by atoms with Crippen LogP contribution in [0.3, 0.4) is 0 Å². The highest BCUT2D eigenvalue weighted by molar-refractivity contribution is 7.12. The molecule has 1 aromatic rings. The van der Waals surface area contributed by atoms with Gasteiger partial charge >= 0.3 is 0 Å². The van der Waals surface area contributed by atoms with E-state index in [0.717, 1.165) is 25.2 Å². The molecular weight excluding hydrogens is 280 g/mol. The van der Waals surface area contributed by atoms with E-state index in [1.54, 1.807) is 11.3 Å². The Bertz CT molecular complexity index is 509. The van der Waals surface area contributed by atoms with Gasteiger partial charge in [0.25, 0.3) is 0 Å². The van der Waals surface area contributed by atoms with Crippen LogP contribution >= 0.6 is 11.3 Å². The predicted octanol–water partition coefficient (Wildman–Crippen LogP) is 3.84. The number of carbonyl (C=O) groups excluding carboxylic acids is 1. The number of carbonyl (C=O) groups is 1. The van der Waals surface area contributed by atoms with Crippen LogP contribution in [0.2, 0.25) is 0 Å². The van der Waals surface area contributed by atoms with E-state index in [1.165, 1.54) is 22.6 Å². The summed E-state index contributed by atoms with van der Waals surface area (Å²) in [4.78, 5) is 17.5. The monoisotopic (exact) mass is 306 g/mol. The van der Waals surface area contributed by atoms with Crippen molar-refractivity contribution in [3.8, 4) is 0 Å². The zero-order chi connectivity index (χ0) is 15.0. The van der Waals surface area contributed by atoms with Crippen molar-refractivity contribution in [3.05, 3.63) is 21.9 Å². The van der Waals surface area contributed by atoms with Gasteiger partial charge in [-0.25, -0.2) is 0 Å². The van der Waals surface area contributed by atoms with Crippen LogP contribution in [0.25, 0.3) is 0 Å². The van der Waals surface area contributed by atoms with Crippen molar-refractivity contribution < 1.29 is 4.79 Å². The molecule has 116 valence electrons. The first kappa shape index (κ1) is 15.0. The Morgan fingerprint density at radius 3 is 2.76 bits per heavy atom. The van der Waals surface area contributed by atoms with Crippen LogP contribution in [0.1, 0.15) is 61.9 Å². The van der Waals surface area contributed by atoms with E-state index in [9.17, 15) is 4.79 Å². The Balaban J connectivity index is 1.81. The van der Waals surface area contributed by atoms with Crippen LogP contribution in [0.4, 0.5) is 0 Å². The summed E-state index contributed by atoms with van der Waals surface area (Å²) in [5.74, 6) is 1.16. The highest BCUT2D eigenvalue weighted by Gasteiger charge is 2.43. The molecule has 1 amide bonds. The molecule has 1 saturated carbocycles. The molecule has 2 fully saturated rings. The molecule has 1 N–H and O–H groups in total. The van der Waals surface area contributed by atoms with Gasteiger partial charge in [0.1, 0.15) is 6.17 Å². The van der Waals surface area contributed by atoms with E-state index in [-0.39, 0.29) is 12.2 Å². The first-order chi connectivity index (χ1) is 10.1. The number of hydrogen-bond acceptors (Lipinski definition) is 3.